The summed E-state index contributed by atoms with van der Waals surface area (Å²) in [6.45, 7) is 2.58. The van der Waals surface area contributed by atoms with Crippen LogP contribution in [0.25, 0.3) is 21.9 Å². The van der Waals surface area contributed by atoms with Crippen LogP contribution in [0.4, 0.5) is 13.2 Å². The van der Waals surface area contributed by atoms with Gasteiger partial charge in [-0.25, -0.2) is 0 Å². The predicted molar refractivity (Wildman–Crippen MR) is 150 cm³/mol. The van der Waals surface area contributed by atoms with Gasteiger partial charge in [0.15, 0.2) is 0 Å². The van der Waals surface area contributed by atoms with Crippen LogP contribution in [0.15, 0.2) is 91.0 Å². The lowest BCUT2D eigenvalue weighted by molar-refractivity contribution is -0.274. The van der Waals surface area contributed by atoms with Gasteiger partial charge in [-0.15, -0.1) is 13.2 Å². The van der Waals surface area contributed by atoms with Crippen LogP contribution < -0.4 is 10.1 Å². The molecule has 0 saturated carbocycles. The predicted octanol–water partition coefficient (Wildman–Crippen LogP) is 5.73. The summed E-state index contributed by atoms with van der Waals surface area (Å²) in [6.07, 6.45) is -3.86. The molecule has 2 aliphatic rings. The van der Waals surface area contributed by atoms with Crippen molar-refractivity contribution >= 4 is 22.6 Å². The minimum atomic E-state index is -4.74. The van der Waals surface area contributed by atoms with E-state index in [1.165, 1.54) is 12.1 Å². The zero-order valence-electron chi connectivity index (χ0n) is 22.1. The van der Waals surface area contributed by atoms with Crippen molar-refractivity contribution < 1.29 is 27.5 Å². The van der Waals surface area contributed by atoms with E-state index in [1.54, 1.807) is 18.2 Å². The van der Waals surface area contributed by atoms with Gasteiger partial charge in [-0.1, -0.05) is 54.6 Å². The number of likely N-dealkylation sites (tertiary alicyclic amines) is 2. The highest BCUT2D eigenvalue weighted by Crippen LogP contribution is 2.32. The molecule has 2 amide bonds. The average Bonchev–Trinajstić information content (AvgIpc) is 3.42. The highest BCUT2D eigenvalue weighted by atomic mass is 19.4. The molecule has 2 heterocycles. The summed E-state index contributed by atoms with van der Waals surface area (Å²) >= 11 is 0. The second-order valence-electron chi connectivity index (χ2n) is 10.5. The molecule has 0 aromatic heterocycles. The summed E-state index contributed by atoms with van der Waals surface area (Å²) in [6, 6.07) is 26.6. The number of alkyl halides is 3. The van der Waals surface area contributed by atoms with Crippen molar-refractivity contribution in [3.8, 4) is 16.9 Å². The van der Waals surface area contributed by atoms with Gasteiger partial charge in [0.2, 0.25) is 0 Å². The Morgan fingerprint density at radius 1 is 0.756 bits per heavy atom. The van der Waals surface area contributed by atoms with Gasteiger partial charge in [0.05, 0.1) is 0 Å². The van der Waals surface area contributed by atoms with Gasteiger partial charge in [0.25, 0.3) is 11.8 Å². The molecule has 6 rings (SSSR count). The SMILES string of the molecule is O=C(c1ccccc1)N1CCC(NC2CN(C(=O)c3ccc4c(-c5ccc(OC(F)(F)F)cc5)cccc4c3)C2)C1. The van der Waals surface area contributed by atoms with Crippen molar-refractivity contribution in [1.29, 1.82) is 0 Å². The second-order valence-corrected chi connectivity index (χ2v) is 10.5. The van der Waals surface area contributed by atoms with Gasteiger partial charge in [0, 0.05) is 49.4 Å². The Hall–Kier alpha value is -4.37. The van der Waals surface area contributed by atoms with Gasteiger partial charge >= 0.3 is 6.36 Å². The van der Waals surface area contributed by atoms with E-state index in [9.17, 15) is 22.8 Å². The topological polar surface area (TPSA) is 61.9 Å². The monoisotopic (exact) mass is 559 g/mol. The Kier molecular flexibility index (Phi) is 7.13. The largest absolute Gasteiger partial charge is 0.573 e. The number of nitrogens with zero attached hydrogens (tertiary/aromatic N) is 2. The van der Waals surface area contributed by atoms with Crippen molar-refractivity contribution in [3.63, 3.8) is 0 Å². The lowest BCUT2D eigenvalue weighted by Crippen LogP contribution is -2.62. The smallest absolute Gasteiger partial charge is 0.406 e. The highest BCUT2D eigenvalue weighted by Gasteiger charge is 2.35. The van der Waals surface area contributed by atoms with Crippen molar-refractivity contribution in [3.05, 3.63) is 102 Å². The molecular formula is C32H28F3N3O3. The minimum Gasteiger partial charge on any atom is -0.406 e. The van der Waals surface area contributed by atoms with Crippen LogP contribution in [0.5, 0.6) is 5.75 Å². The number of carbonyl (C=O) groups excluding carboxylic acids is 2. The van der Waals surface area contributed by atoms with Gasteiger partial charge in [-0.05, 0) is 64.7 Å². The molecule has 1 atom stereocenters. The third kappa shape index (κ3) is 5.90. The number of benzene rings is 4. The van der Waals surface area contributed by atoms with Crippen LogP contribution in [0.2, 0.25) is 0 Å². The average molecular weight is 560 g/mol. The number of carbonyl (C=O) groups is 2. The Bertz CT molecular complexity index is 1570. The fourth-order valence-electron chi connectivity index (χ4n) is 5.61. The van der Waals surface area contributed by atoms with Crippen molar-refractivity contribution in [2.45, 2.75) is 24.9 Å². The number of ether oxygens (including phenoxy) is 1. The molecule has 41 heavy (non-hydrogen) atoms. The number of amides is 2. The Labute approximate surface area is 235 Å². The first-order valence-corrected chi connectivity index (χ1v) is 13.5. The van der Waals surface area contributed by atoms with Gasteiger partial charge in [0.1, 0.15) is 5.75 Å². The zero-order valence-corrected chi connectivity index (χ0v) is 22.1. The normalized spacial score (nSPS) is 17.5. The minimum absolute atomic E-state index is 0.0451. The molecule has 0 radical (unpaired) electrons. The summed E-state index contributed by atoms with van der Waals surface area (Å²) in [4.78, 5) is 29.6. The van der Waals surface area contributed by atoms with Crippen molar-refractivity contribution in [1.82, 2.24) is 15.1 Å². The quantitative estimate of drug-likeness (QED) is 0.328. The Morgan fingerprint density at radius 2 is 1.46 bits per heavy atom. The molecule has 4 aromatic rings. The van der Waals surface area contributed by atoms with Crippen LogP contribution in [-0.2, 0) is 0 Å². The number of nitrogens with one attached hydrogen (secondary N) is 1. The summed E-state index contributed by atoms with van der Waals surface area (Å²) in [5.41, 5.74) is 2.88. The zero-order chi connectivity index (χ0) is 28.6. The Morgan fingerprint density at radius 3 is 2.20 bits per heavy atom. The molecule has 2 aliphatic heterocycles. The first-order valence-electron chi connectivity index (χ1n) is 13.5. The maximum Gasteiger partial charge on any atom is 0.573 e. The van der Waals surface area contributed by atoms with Crippen LogP contribution in [0.1, 0.15) is 27.1 Å². The molecular weight excluding hydrogens is 531 g/mol. The van der Waals surface area contributed by atoms with E-state index in [-0.39, 0.29) is 29.6 Å². The maximum atomic E-state index is 13.2. The first kappa shape index (κ1) is 26.8. The number of fused-ring (bicyclic) bond motifs is 1. The van der Waals surface area contributed by atoms with Crippen LogP contribution in [-0.4, -0.2) is 66.2 Å². The number of halogens is 3. The molecule has 0 bridgehead atoms. The second kappa shape index (κ2) is 10.9. The van der Waals surface area contributed by atoms with E-state index in [1.807, 2.05) is 70.5 Å². The van der Waals surface area contributed by atoms with Crippen LogP contribution in [0.3, 0.4) is 0 Å². The molecule has 6 nitrogen and oxygen atoms in total. The summed E-state index contributed by atoms with van der Waals surface area (Å²) in [5, 5.41) is 5.37. The van der Waals surface area contributed by atoms with E-state index in [4.69, 9.17) is 0 Å². The molecule has 1 N–H and O–H groups in total. The molecule has 0 spiro atoms. The van der Waals surface area contributed by atoms with Gasteiger partial charge in [-0.3, -0.25) is 9.59 Å². The van der Waals surface area contributed by atoms with Crippen molar-refractivity contribution in [2.24, 2.45) is 0 Å². The fraction of sp³-hybridized carbons (Fsp3) is 0.250. The Balaban J connectivity index is 1.06. The molecule has 9 heteroatoms. The molecule has 2 fully saturated rings. The van der Waals surface area contributed by atoms with Gasteiger partial charge < -0.3 is 19.9 Å². The van der Waals surface area contributed by atoms with E-state index >= 15 is 0 Å². The standard InChI is InChI=1S/C32H28F3N3O3/c33-32(34,35)41-27-12-9-21(10-13-27)28-8-4-7-23-17-24(11-14-29(23)28)31(40)38-19-26(20-38)36-25-15-16-37(18-25)30(39)22-5-2-1-3-6-22/h1-14,17,25-26,36H,15-16,18-20H2. The summed E-state index contributed by atoms with van der Waals surface area (Å²) < 4.78 is 41.5. The first-order chi connectivity index (χ1) is 19.7. The van der Waals surface area contributed by atoms with E-state index in [2.05, 4.69) is 10.1 Å². The molecule has 1 unspecified atom stereocenters. The van der Waals surface area contributed by atoms with Crippen molar-refractivity contribution in [2.75, 3.05) is 26.2 Å². The molecule has 0 aliphatic carbocycles. The third-order valence-corrected chi connectivity index (χ3v) is 7.66. The third-order valence-electron chi connectivity index (χ3n) is 7.66. The van der Waals surface area contributed by atoms with E-state index in [0.717, 1.165) is 28.3 Å². The summed E-state index contributed by atoms with van der Waals surface area (Å²) in [7, 11) is 0. The molecule has 4 aromatic carbocycles. The lowest BCUT2D eigenvalue weighted by atomic mass is 9.96. The number of rotatable bonds is 6. The molecule has 210 valence electrons. The van der Waals surface area contributed by atoms with E-state index in [0.29, 0.717) is 37.3 Å². The lowest BCUT2D eigenvalue weighted by Gasteiger charge is -2.41. The summed E-state index contributed by atoms with van der Waals surface area (Å²) in [5.74, 6) is -0.272. The fourth-order valence-corrected chi connectivity index (χ4v) is 5.61. The number of hydrogen-bond acceptors (Lipinski definition) is 4. The maximum absolute atomic E-state index is 13.2. The van der Waals surface area contributed by atoms with Crippen LogP contribution >= 0.6 is 0 Å². The number of hydrogen-bond donors (Lipinski definition) is 1. The van der Waals surface area contributed by atoms with E-state index < -0.39 is 6.36 Å². The highest BCUT2D eigenvalue weighted by molar-refractivity contribution is 6.03. The molecule has 2 saturated heterocycles. The van der Waals surface area contributed by atoms with Gasteiger partial charge in [-0.2, -0.15) is 0 Å². The van der Waals surface area contributed by atoms with Crippen LogP contribution in [0, 0.1) is 0 Å².